The molecule has 1 fully saturated rings. The third-order valence-electron chi connectivity index (χ3n) is 5.17. The Labute approximate surface area is 195 Å². The molecule has 1 aliphatic heterocycles. The number of ether oxygens (including phenoxy) is 1. The van der Waals surface area contributed by atoms with Gasteiger partial charge in [0.15, 0.2) is 0 Å². The number of hydrogen-bond acceptors (Lipinski definition) is 4. The molecule has 1 unspecified atom stereocenters. The minimum absolute atomic E-state index is 0.159. The fraction of sp³-hybridized carbons (Fsp3) is 0.273. The van der Waals surface area contributed by atoms with E-state index >= 15 is 0 Å². The van der Waals surface area contributed by atoms with Crippen molar-refractivity contribution in [3.05, 3.63) is 63.6 Å². The lowest BCUT2D eigenvalue weighted by Gasteiger charge is -2.40. The molecule has 1 atom stereocenters. The van der Waals surface area contributed by atoms with Gasteiger partial charge >= 0.3 is 0 Å². The Morgan fingerprint density at radius 1 is 1.19 bits per heavy atom. The van der Waals surface area contributed by atoms with Gasteiger partial charge in [-0.2, -0.15) is 0 Å². The van der Waals surface area contributed by atoms with Crippen molar-refractivity contribution in [2.75, 3.05) is 33.4 Å². The summed E-state index contributed by atoms with van der Waals surface area (Å²) in [6.07, 6.45) is 1.20. The number of carbonyl (C=O) groups is 2. The molecule has 2 aromatic rings. The van der Waals surface area contributed by atoms with Crippen molar-refractivity contribution in [1.82, 2.24) is 9.80 Å². The number of aliphatic hydroxyl groups excluding tert-OH is 1. The maximum atomic E-state index is 13.5. The molecule has 1 N–H and O–H groups in total. The topological polar surface area (TPSA) is 70.1 Å². The Hall–Kier alpha value is -2.25. The van der Waals surface area contributed by atoms with E-state index in [0.29, 0.717) is 26.9 Å². The van der Waals surface area contributed by atoms with E-state index in [4.69, 9.17) is 39.5 Å². The van der Waals surface area contributed by atoms with E-state index in [0.717, 1.165) is 0 Å². The van der Waals surface area contributed by atoms with Gasteiger partial charge in [0.25, 0.3) is 5.91 Å². The Balaban J connectivity index is 2.04. The van der Waals surface area contributed by atoms with E-state index < -0.39 is 6.04 Å². The van der Waals surface area contributed by atoms with Crippen LogP contribution in [0.15, 0.2) is 43.0 Å². The quantitative estimate of drug-likeness (QED) is 0.649. The molecule has 1 aliphatic rings. The summed E-state index contributed by atoms with van der Waals surface area (Å²) in [5, 5.41) is 10.9. The van der Waals surface area contributed by atoms with Crippen molar-refractivity contribution >= 4 is 46.6 Å². The molecule has 2 amide bonds. The average molecular weight is 484 g/mol. The van der Waals surface area contributed by atoms with E-state index in [2.05, 4.69) is 6.58 Å². The molecule has 6 nitrogen and oxygen atoms in total. The molecular weight excluding hydrogens is 463 g/mol. The number of aliphatic hydroxyl groups is 1. The molecule has 0 saturated carbocycles. The fourth-order valence-corrected chi connectivity index (χ4v) is 4.30. The number of nitrogens with zero attached hydrogens (tertiary/aromatic N) is 2. The summed E-state index contributed by atoms with van der Waals surface area (Å²) < 4.78 is 5.31. The summed E-state index contributed by atoms with van der Waals surface area (Å²) in [6, 6.07) is 7.58. The van der Waals surface area contributed by atoms with Crippen molar-refractivity contribution in [1.29, 1.82) is 0 Å². The van der Waals surface area contributed by atoms with Gasteiger partial charge < -0.3 is 19.6 Å². The molecule has 1 saturated heterocycles. The number of amides is 2. The van der Waals surface area contributed by atoms with Crippen LogP contribution in [0.1, 0.15) is 10.4 Å². The van der Waals surface area contributed by atoms with Crippen LogP contribution in [0.5, 0.6) is 5.75 Å². The first-order chi connectivity index (χ1) is 14.8. The minimum Gasteiger partial charge on any atom is -0.497 e. The highest BCUT2D eigenvalue weighted by atomic mass is 35.5. The number of piperazine rings is 1. The third-order valence-corrected chi connectivity index (χ3v) is 6.03. The molecule has 3 rings (SSSR count). The largest absolute Gasteiger partial charge is 0.497 e. The van der Waals surface area contributed by atoms with Gasteiger partial charge in [-0.05, 0) is 36.4 Å². The highest BCUT2D eigenvalue weighted by Crippen LogP contribution is 2.40. The van der Waals surface area contributed by atoms with E-state index in [-0.39, 0.29) is 48.6 Å². The smallest absolute Gasteiger partial charge is 0.254 e. The fourth-order valence-electron chi connectivity index (χ4n) is 3.60. The first-order valence-corrected chi connectivity index (χ1v) is 10.6. The monoisotopic (exact) mass is 482 g/mol. The lowest BCUT2D eigenvalue weighted by molar-refractivity contribution is -0.131. The van der Waals surface area contributed by atoms with Crippen LogP contribution in [0.3, 0.4) is 0 Å². The van der Waals surface area contributed by atoms with Crippen molar-refractivity contribution in [2.24, 2.45) is 0 Å². The Bertz CT molecular complexity index is 1030. The molecule has 2 aromatic carbocycles. The van der Waals surface area contributed by atoms with Gasteiger partial charge in [-0.25, -0.2) is 0 Å². The highest BCUT2D eigenvalue weighted by Gasteiger charge is 2.33. The number of hydrogen-bond donors (Lipinski definition) is 1. The molecule has 1 heterocycles. The molecular formula is C22H21Cl3N2O4. The number of methoxy groups -OCH3 is 1. The Morgan fingerprint density at radius 2 is 1.94 bits per heavy atom. The first kappa shape index (κ1) is 23.4. The molecule has 0 spiro atoms. The normalized spacial score (nSPS) is 16.2. The van der Waals surface area contributed by atoms with Gasteiger partial charge in [0.1, 0.15) is 5.75 Å². The molecule has 164 valence electrons. The molecule has 0 aliphatic carbocycles. The maximum Gasteiger partial charge on any atom is 0.254 e. The van der Waals surface area contributed by atoms with Gasteiger partial charge in [0, 0.05) is 40.8 Å². The van der Waals surface area contributed by atoms with Crippen LogP contribution in [0.25, 0.3) is 11.1 Å². The summed E-state index contributed by atoms with van der Waals surface area (Å²) in [5.74, 6) is -0.201. The van der Waals surface area contributed by atoms with Crippen LogP contribution in [-0.4, -0.2) is 66.1 Å². The molecule has 0 radical (unpaired) electrons. The number of benzene rings is 2. The summed E-state index contributed by atoms with van der Waals surface area (Å²) in [4.78, 5) is 28.7. The number of carbonyl (C=O) groups excluding carboxylic acids is 2. The van der Waals surface area contributed by atoms with Crippen LogP contribution in [0.2, 0.25) is 15.1 Å². The van der Waals surface area contributed by atoms with Gasteiger partial charge in [-0.3, -0.25) is 9.59 Å². The average Bonchev–Trinajstić information content (AvgIpc) is 2.78. The van der Waals surface area contributed by atoms with E-state index in [1.54, 1.807) is 35.2 Å². The van der Waals surface area contributed by atoms with Crippen LogP contribution in [-0.2, 0) is 4.79 Å². The Kier molecular flexibility index (Phi) is 7.49. The second kappa shape index (κ2) is 9.92. The molecule has 0 aromatic heterocycles. The zero-order chi connectivity index (χ0) is 22.7. The zero-order valence-corrected chi connectivity index (χ0v) is 19.0. The van der Waals surface area contributed by atoms with E-state index in [1.165, 1.54) is 18.1 Å². The molecule has 9 heteroatoms. The summed E-state index contributed by atoms with van der Waals surface area (Å²) in [7, 11) is 1.48. The van der Waals surface area contributed by atoms with Gasteiger partial charge in [0.05, 0.1) is 30.3 Å². The summed E-state index contributed by atoms with van der Waals surface area (Å²) in [6.45, 7) is 3.92. The minimum atomic E-state index is -0.539. The van der Waals surface area contributed by atoms with Gasteiger partial charge in [-0.15, -0.1) is 0 Å². The van der Waals surface area contributed by atoms with Crippen molar-refractivity contribution < 1.29 is 19.4 Å². The molecule has 0 bridgehead atoms. The second-order valence-corrected chi connectivity index (χ2v) is 8.23. The second-order valence-electron chi connectivity index (χ2n) is 6.98. The summed E-state index contributed by atoms with van der Waals surface area (Å²) in [5.41, 5.74) is 1.24. The van der Waals surface area contributed by atoms with Crippen LogP contribution in [0, 0.1) is 0 Å². The van der Waals surface area contributed by atoms with Gasteiger partial charge in [-0.1, -0.05) is 41.4 Å². The number of rotatable bonds is 5. The lowest BCUT2D eigenvalue weighted by Crippen LogP contribution is -2.57. The predicted molar refractivity (Wildman–Crippen MR) is 122 cm³/mol. The number of halogens is 3. The predicted octanol–water partition coefficient (Wildman–Crippen LogP) is 4.15. The van der Waals surface area contributed by atoms with Gasteiger partial charge in [0.2, 0.25) is 5.91 Å². The maximum absolute atomic E-state index is 13.5. The first-order valence-electron chi connectivity index (χ1n) is 9.46. The lowest BCUT2D eigenvalue weighted by atomic mass is 9.97. The zero-order valence-electron chi connectivity index (χ0n) is 16.8. The van der Waals surface area contributed by atoms with Crippen molar-refractivity contribution in [2.45, 2.75) is 6.04 Å². The van der Waals surface area contributed by atoms with Crippen molar-refractivity contribution in [3.8, 4) is 16.9 Å². The van der Waals surface area contributed by atoms with Crippen LogP contribution < -0.4 is 4.74 Å². The SMILES string of the molecule is C=CC(=O)N1CCN(C(=O)c2cc(OC)cc(Cl)c2-c2cc(Cl)ccc2Cl)CC1CO. The standard InChI is InChI=1S/C22H21Cl3N2O4/c1-3-20(29)27-7-6-26(11-14(27)12-28)22(30)17-9-15(31-2)10-19(25)21(17)16-8-13(23)4-5-18(16)24/h3-5,8-10,14,28H,1,6-7,11-12H2,2H3. The van der Waals surface area contributed by atoms with Crippen molar-refractivity contribution in [3.63, 3.8) is 0 Å². The highest BCUT2D eigenvalue weighted by molar-refractivity contribution is 6.38. The van der Waals surface area contributed by atoms with Crippen LogP contribution >= 0.6 is 34.8 Å². The third kappa shape index (κ3) is 4.83. The van der Waals surface area contributed by atoms with Crippen LogP contribution in [0.4, 0.5) is 0 Å². The van der Waals surface area contributed by atoms with E-state index in [9.17, 15) is 14.7 Å². The summed E-state index contributed by atoms with van der Waals surface area (Å²) >= 11 is 19.1. The Morgan fingerprint density at radius 3 is 2.58 bits per heavy atom. The molecule has 31 heavy (non-hydrogen) atoms. The van der Waals surface area contributed by atoms with E-state index in [1.807, 2.05) is 0 Å².